The van der Waals surface area contributed by atoms with Crippen LogP contribution in [0.4, 0.5) is 0 Å². The molecule has 6 N–H and O–H groups in total. The van der Waals surface area contributed by atoms with Crippen LogP contribution in [0.3, 0.4) is 0 Å². The van der Waals surface area contributed by atoms with Crippen molar-refractivity contribution >= 4 is 44.5 Å². The highest BCUT2D eigenvalue weighted by Gasteiger charge is 2.31. The van der Waals surface area contributed by atoms with Gasteiger partial charge >= 0.3 is 11.9 Å². The molecule has 0 spiro atoms. The molecule has 0 aliphatic carbocycles. The average molecular weight is 557 g/mol. The highest BCUT2D eigenvalue weighted by molar-refractivity contribution is 7.90. The van der Waals surface area contributed by atoms with E-state index in [0.717, 1.165) is 5.39 Å². The van der Waals surface area contributed by atoms with E-state index in [1.54, 1.807) is 48.5 Å². The Hall–Kier alpha value is -4.36. The van der Waals surface area contributed by atoms with Crippen LogP contribution in [-0.2, 0) is 34.8 Å². The van der Waals surface area contributed by atoms with Gasteiger partial charge in [0, 0.05) is 18.0 Å². The number of carboxylic acids is 2. The van der Waals surface area contributed by atoms with E-state index < -0.39 is 69.6 Å². The summed E-state index contributed by atoms with van der Waals surface area (Å²) in [5.74, 6) is -5.92. The normalized spacial score (nSPS) is 13.7. The van der Waals surface area contributed by atoms with Crippen molar-refractivity contribution < 1.29 is 37.8 Å². The summed E-state index contributed by atoms with van der Waals surface area (Å²) >= 11 is 0. The molecule has 0 saturated heterocycles. The third kappa shape index (κ3) is 8.32. The number of fused-ring (bicyclic) bond motifs is 1. The van der Waals surface area contributed by atoms with Gasteiger partial charge in [0.1, 0.15) is 12.1 Å². The second kappa shape index (κ2) is 12.9. The number of aromatic nitrogens is 1. The fourth-order valence-electron chi connectivity index (χ4n) is 3.87. The Morgan fingerprint density at radius 1 is 0.897 bits per heavy atom. The number of carbonyl (C=O) groups excluding carboxylic acids is 2. The zero-order valence-corrected chi connectivity index (χ0v) is 21.5. The molecule has 0 aliphatic heterocycles. The zero-order chi connectivity index (χ0) is 28.6. The number of hydrogen-bond acceptors (Lipinski definition) is 8. The SMILES string of the molecule is N[C@@H](CCC(=O)N[C@@H](CS(=O)(=O)Cc1cccc2cccnc12)C(=O)N[C@@H](C(=O)O)c1ccccc1)C(=O)O. The predicted octanol–water partition coefficient (Wildman–Crippen LogP) is 0.769. The summed E-state index contributed by atoms with van der Waals surface area (Å²) in [6.45, 7) is 0. The molecular formula is C26H28N4O8S. The van der Waals surface area contributed by atoms with E-state index in [1.807, 2.05) is 0 Å². The van der Waals surface area contributed by atoms with Gasteiger partial charge in [-0.2, -0.15) is 0 Å². The van der Waals surface area contributed by atoms with Gasteiger partial charge in [-0.3, -0.25) is 19.4 Å². The molecular weight excluding hydrogens is 528 g/mol. The Morgan fingerprint density at radius 3 is 2.26 bits per heavy atom. The molecule has 2 aromatic carbocycles. The van der Waals surface area contributed by atoms with Crippen LogP contribution in [0.1, 0.15) is 30.0 Å². The maximum absolute atomic E-state index is 13.2. The van der Waals surface area contributed by atoms with Gasteiger partial charge in [0.15, 0.2) is 15.9 Å². The van der Waals surface area contributed by atoms with Gasteiger partial charge < -0.3 is 26.6 Å². The minimum Gasteiger partial charge on any atom is -0.480 e. The highest BCUT2D eigenvalue weighted by atomic mass is 32.2. The molecule has 1 heterocycles. The van der Waals surface area contributed by atoms with Gasteiger partial charge in [-0.25, -0.2) is 13.2 Å². The van der Waals surface area contributed by atoms with E-state index in [4.69, 9.17) is 10.8 Å². The highest BCUT2D eigenvalue weighted by Crippen LogP contribution is 2.19. The second-order valence-electron chi connectivity index (χ2n) is 8.84. The lowest BCUT2D eigenvalue weighted by Gasteiger charge is -2.22. The maximum atomic E-state index is 13.2. The molecule has 0 fully saturated rings. The van der Waals surface area contributed by atoms with E-state index in [-0.39, 0.29) is 12.0 Å². The van der Waals surface area contributed by atoms with Gasteiger partial charge in [0.25, 0.3) is 0 Å². The predicted molar refractivity (Wildman–Crippen MR) is 141 cm³/mol. The van der Waals surface area contributed by atoms with Crippen LogP contribution in [0.15, 0.2) is 66.9 Å². The Kier molecular flexibility index (Phi) is 9.68. The molecule has 3 aromatic rings. The number of rotatable bonds is 13. The van der Waals surface area contributed by atoms with E-state index in [2.05, 4.69) is 15.6 Å². The van der Waals surface area contributed by atoms with E-state index in [9.17, 15) is 32.7 Å². The van der Waals surface area contributed by atoms with Crippen molar-refractivity contribution in [1.29, 1.82) is 0 Å². The first kappa shape index (κ1) is 29.2. The van der Waals surface area contributed by atoms with E-state index >= 15 is 0 Å². The van der Waals surface area contributed by atoms with Gasteiger partial charge in [-0.15, -0.1) is 0 Å². The lowest BCUT2D eigenvalue weighted by Crippen LogP contribution is -2.52. The van der Waals surface area contributed by atoms with Crippen LogP contribution < -0.4 is 16.4 Å². The molecule has 0 aliphatic rings. The number of hydrogen-bond donors (Lipinski definition) is 5. The van der Waals surface area contributed by atoms with E-state index in [0.29, 0.717) is 11.1 Å². The van der Waals surface area contributed by atoms with Crippen molar-refractivity contribution in [3.8, 4) is 0 Å². The number of nitrogens with one attached hydrogen (secondary N) is 2. The molecule has 3 rings (SSSR count). The summed E-state index contributed by atoms with van der Waals surface area (Å²) in [6, 6.07) is 11.7. The van der Waals surface area contributed by atoms with Gasteiger partial charge in [0.2, 0.25) is 11.8 Å². The minimum atomic E-state index is -4.06. The molecule has 1 aromatic heterocycles. The first-order chi connectivity index (χ1) is 18.5. The fourth-order valence-corrected chi connectivity index (χ4v) is 5.44. The number of sulfone groups is 1. The molecule has 3 atom stereocenters. The van der Waals surface area contributed by atoms with Crippen molar-refractivity contribution in [1.82, 2.24) is 15.6 Å². The zero-order valence-electron chi connectivity index (χ0n) is 20.7. The fraction of sp³-hybridized carbons (Fsp3) is 0.269. The largest absolute Gasteiger partial charge is 0.480 e. The number of carbonyl (C=O) groups is 4. The number of benzene rings is 2. The number of amides is 2. The van der Waals surface area contributed by atoms with Crippen LogP contribution in [0.2, 0.25) is 0 Å². The van der Waals surface area contributed by atoms with Crippen LogP contribution in [0.5, 0.6) is 0 Å². The van der Waals surface area contributed by atoms with Crippen molar-refractivity contribution in [2.75, 3.05) is 5.75 Å². The van der Waals surface area contributed by atoms with Crippen molar-refractivity contribution in [2.24, 2.45) is 5.73 Å². The summed E-state index contributed by atoms with van der Waals surface area (Å²) < 4.78 is 26.4. The minimum absolute atomic E-state index is 0.237. The van der Waals surface area contributed by atoms with E-state index in [1.165, 1.54) is 18.3 Å². The molecule has 12 nitrogen and oxygen atoms in total. The van der Waals surface area contributed by atoms with Crippen molar-refractivity contribution in [3.63, 3.8) is 0 Å². The number of carboxylic acid groups (broad SMARTS) is 2. The van der Waals surface area contributed by atoms with Crippen molar-refractivity contribution in [3.05, 3.63) is 78.0 Å². The second-order valence-corrected chi connectivity index (χ2v) is 11.0. The molecule has 0 saturated carbocycles. The topological polar surface area (TPSA) is 206 Å². The first-order valence-electron chi connectivity index (χ1n) is 11.9. The van der Waals surface area contributed by atoms with Gasteiger partial charge in [0.05, 0.1) is 17.0 Å². The van der Waals surface area contributed by atoms with Gasteiger partial charge in [-0.05, 0) is 23.6 Å². The molecule has 206 valence electrons. The molecule has 39 heavy (non-hydrogen) atoms. The molecule has 2 amide bonds. The van der Waals surface area contributed by atoms with Crippen molar-refractivity contribution in [2.45, 2.75) is 36.7 Å². The number of nitrogens with zero attached hydrogens (tertiary/aromatic N) is 1. The molecule has 13 heteroatoms. The number of nitrogens with two attached hydrogens (primary N) is 1. The van der Waals surface area contributed by atoms with Gasteiger partial charge in [-0.1, -0.05) is 54.6 Å². The number of para-hydroxylation sites is 1. The van der Waals surface area contributed by atoms with Crippen LogP contribution in [-0.4, -0.2) is 65.2 Å². The smallest absolute Gasteiger partial charge is 0.330 e. The summed E-state index contributed by atoms with van der Waals surface area (Å²) in [6.07, 6.45) is 0.865. The summed E-state index contributed by atoms with van der Waals surface area (Å²) in [5, 5.41) is 23.9. The Labute approximate surface area is 224 Å². The Morgan fingerprint density at radius 2 is 1.59 bits per heavy atom. The lowest BCUT2D eigenvalue weighted by atomic mass is 10.1. The molecule has 0 bridgehead atoms. The third-order valence-corrected chi connectivity index (χ3v) is 7.42. The Balaban J connectivity index is 1.84. The number of aliphatic carboxylic acids is 2. The summed E-state index contributed by atoms with van der Waals surface area (Å²) in [4.78, 5) is 52.8. The quantitative estimate of drug-likeness (QED) is 0.200. The summed E-state index contributed by atoms with van der Waals surface area (Å²) in [7, 11) is -4.06. The monoisotopic (exact) mass is 556 g/mol. The lowest BCUT2D eigenvalue weighted by molar-refractivity contribution is -0.142. The molecule has 0 unspecified atom stereocenters. The standard InChI is InChI=1S/C26H28N4O8S/c27-19(25(33)34)11-12-21(31)29-20(24(32)30-23(26(35)36)17-6-2-1-3-7-17)15-39(37,38)14-18-9-4-8-16-10-5-13-28-22(16)18/h1-10,13,19-20,23H,11-12,14-15,27H2,(H,29,31)(H,30,32)(H,33,34)(H,35,36)/t19-,20-,23+/m0/s1. The number of pyridine rings is 1. The summed E-state index contributed by atoms with van der Waals surface area (Å²) in [5.41, 5.74) is 6.51. The third-order valence-electron chi connectivity index (χ3n) is 5.83. The van der Waals surface area contributed by atoms with Crippen LogP contribution in [0.25, 0.3) is 10.9 Å². The first-order valence-corrected chi connectivity index (χ1v) is 13.7. The van der Waals surface area contributed by atoms with Crippen LogP contribution in [0, 0.1) is 0 Å². The molecule has 0 radical (unpaired) electrons. The average Bonchev–Trinajstić information content (AvgIpc) is 2.90. The maximum Gasteiger partial charge on any atom is 0.330 e. The van der Waals surface area contributed by atoms with Crippen LogP contribution >= 0.6 is 0 Å². The Bertz CT molecular complexity index is 1460.